The zero-order chi connectivity index (χ0) is 13.3. The SMILES string of the molecule is CCCCCN(C(C)C)S(=O)(=O)CCCNC. The van der Waals surface area contributed by atoms with Crippen LogP contribution in [0.3, 0.4) is 0 Å². The molecule has 0 aliphatic carbocycles. The van der Waals surface area contributed by atoms with Gasteiger partial charge in [0.05, 0.1) is 5.75 Å². The summed E-state index contributed by atoms with van der Waals surface area (Å²) < 4.78 is 25.9. The van der Waals surface area contributed by atoms with Crippen LogP contribution < -0.4 is 5.32 Å². The smallest absolute Gasteiger partial charge is 0.214 e. The van der Waals surface area contributed by atoms with E-state index in [-0.39, 0.29) is 11.8 Å². The molecule has 0 aromatic rings. The van der Waals surface area contributed by atoms with Gasteiger partial charge in [0.15, 0.2) is 0 Å². The number of nitrogens with zero attached hydrogens (tertiary/aromatic N) is 1. The van der Waals surface area contributed by atoms with Crippen LogP contribution in [0.2, 0.25) is 0 Å². The van der Waals surface area contributed by atoms with Gasteiger partial charge in [0.25, 0.3) is 0 Å². The van der Waals surface area contributed by atoms with Crippen LogP contribution in [-0.2, 0) is 10.0 Å². The summed E-state index contributed by atoms with van der Waals surface area (Å²) in [6.45, 7) is 7.43. The lowest BCUT2D eigenvalue weighted by Crippen LogP contribution is -2.39. The highest BCUT2D eigenvalue weighted by Gasteiger charge is 2.23. The van der Waals surface area contributed by atoms with Crippen LogP contribution in [0.5, 0.6) is 0 Å². The molecule has 0 saturated carbocycles. The Hall–Kier alpha value is -0.130. The Labute approximate surface area is 107 Å². The third-order valence-corrected chi connectivity index (χ3v) is 4.87. The molecule has 0 aliphatic heterocycles. The van der Waals surface area contributed by atoms with Crippen molar-refractivity contribution in [3.8, 4) is 0 Å². The van der Waals surface area contributed by atoms with E-state index in [0.29, 0.717) is 13.0 Å². The fourth-order valence-corrected chi connectivity index (χ4v) is 3.58. The highest BCUT2D eigenvalue weighted by atomic mass is 32.2. The predicted molar refractivity (Wildman–Crippen MR) is 73.7 cm³/mol. The molecule has 0 radical (unpaired) electrons. The molecule has 4 nitrogen and oxygen atoms in total. The first kappa shape index (κ1) is 16.9. The lowest BCUT2D eigenvalue weighted by atomic mass is 10.2. The second-order valence-electron chi connectivity index (χ2n) is 4.68. The lowest BCUT2D eigenvalue weighted by Gasteiger charge is -2.25. The fourth-order valence-electron chi connectivity index (χ4n) is 1.78. The van der Waals surface area contributed by atoms with Crippen LogP contribution in [0.1, 0.15) is 46.5 Å². The maximum atomic E-state index is 12.1. The van der Waals surface area contributed by atoms with Gasteiger partial charge in [-0.1, -0.05) is 19.8 Å². The third kappa shape index (κ3) is 7.01. The second kappa shape index (κ2) is 8.89. The van der Waals surface area contributed by atoms with Gasteiger partial charge in [0.1, 0.15) is 0 Å². The Bertz CT molecular complexity index is 276. The number of unbranched alkanes of at least 4 members (excludes halogenated alkanes) is 2. The van der Waals surface area contributed by atoms with Crippen molar-refractivity contribution in [2.24, 2.45) is 0 Å². The van der Waals surface area contributed by atoms with E-state index in [1.807, 2.05) is 20.9 Å². The molecule has 0 bridgehead atoms. The van der Waals surface area contributed by atoms with E-state index in [1.54, 1.807) is 4.31 Å². The van der Waals surface area contributed by atoms with Gasteiger partial charge >= 0.3 is 0 Å². The Morgan fingerprint density at radius 1 is 1.18 bits per heavy atom. The van der Waals surface area contributed by atoms with Crippen molar-refractivity contribution in [1.29, 1.82) is 0 Å². The van der Waals surface area contributed by atoms with Gasteiger partial charge in [-0.3, -0.25) is 0 Å². The van der Waals surface area contributed by atoms with Crippen molar-refractivity contribution in [3.05, 3.63) is 0 Å². The average Bonchev–Trinajstić information content (AvgIpc) is 2.23. The van der Waals surface area contributed by atoms with Crippen LogP contribution >= 0.6 is 0 Å². The second-order valence-corrected chi connectivity index (χ2v) is 6.73. The highest BCUT2D eigenvalue weighted by Crippen LogP contribution is 2.11. The molecule has 0 heterocycles. The first-order valence-corrected chi connectivity index (χ1v) is 8.20. The standard InChI is InChI=1S/C12H28N2O2S/c1-5-6-7-10-14(12(2)3)17(15,16)11-8-9-13-4/h12-13H,5-11H2,1-4H3. The minimum Gasteiger partial charge on any atom is -0.320 e. The molecular formula is C12H28N2O2S. The zero-order valence-corrected chi connectivity index (χ0v) is 12.5. The summed E-state index contributed by atoms with van der Waals surface area (Å²) in [7, 11) is -1.24. The van der Waals surface area contributed by atoms with E-state index in [9.17, 15) is 8.42 Å². The van der Waals surface area contributed by atoms with Crippen molar-refractivity contribution in [1.82, 2.24) is 9.62 Å². The summed E-state index contributed by atoms with van der Waals surface area (Å²) in [5, 5.41) is 2.98. The lowest BCUT2D eigenvalue weighted by molar-refractivity contribution is 0.345. The minimum atomic E-state index is -3.08. The molecule has 0 aromatic heterocycles. The van der Waals surface area contributed by atoms with Crippen LogP contribution in [0, 0.1) is 0 Å². The minimum absolute atomic E-state index is 0.0615. The summed E-state index contributed by atoms with van der Waals surface area (Å²) in [5.41, 5.74) is 0. The maximum absolute atomic E-state index is 12.1. The van der Waals surface area contributed by atoms with E-state index < -0.39 is 10.0 Å². The van der Waals surface area contributed by atoms with E-state index in [1.165, 1.54) is 0 Å². The summed E-state index contributed by atoms with van der Waals surface area (Å²) in [6.07, 6.45) is 3.84. The fraction of sp³-hybridized carbons (Fsp3) is 1.00. The number of sulfonamides is 1. The highest BCUT2D eigenvalue weighted by molar-refractivity contribution is 7.89. The number of hydrogen-bond acceptors (Lipinski definition) is 3. The molecule has 0 spiro atoms. The maximum Gasteiger partial charge on any atom is 0.214 e. The Balaban J connectivity index is 4.35. The summed E-state index contributed by atoms with van der Waals surface area (Å²) >= 11 is 0. The summed E-state index contributed by atoms with van der Waals surface area (Å²) in [6, 6.07) is 0.0615. The molecule has 0 atom stereocenters. The van der Waals surface area contributed by atoms with Crippen molar-refractivity contribution < 1.29 is 8.42 Å². The molecule has 0 saturated heterocycles. The molecule has 0 aliphatic rings. The first-order valence-electron chi connectivity index (χ1n) is 6.59. The van der Waals surface area contributed by atoms with Gasteiger partial charge in [-0.2, -0.15) is 4.31 Å². The van der Waals surface area contributed by atoms with E-state index in [2.05, 4.69) is 12.2 Å². The van der Waals surface area contributed by atoms with Crippen LogP contribution in [0.25, 0.3) is 0 Å². The normalized spacial score (nSPS) is 12.6. The largest absolute Gasteiger partial charge is 0.320 e. The topological polar surface area (TPSA) is 49.4 Å². The van der Waals surface area contributed by atoms with Crippen LogP contribution in [0.4, 0.5) is 0 Å². The van der Waals surface area contributed by atoms with E-state index in [0.717, 1.165) is 25.8 Å². The van der Waals surface area contributed by atoms with E-state index in [4.69, 9.17) is 0 Å². The number of nitrogens with one attached hydrogen (secondary N) is 1. The molecule has 17 heavy (non-hydrogen) atoms. The number of hydrogen-bond donors (Lipinski definition) is 1. The number of rotatable bonds is 10. The Kier molecular flexibility index (Phi) is 8.82. The zero-order valence-electron chi connectivity index (χ0n) is 11.7. The van der Waals surface area contributed by atoms with Crippen molar-refractivity contribution in [2.75, 3.05) is 25.9 Å². The van der Waals surface area contributed by atoms with Gasteiger partial charge < -0.3 is 5.32 Å². The Morgan fingerprint density at radius 2 is 1.82 bits per heavy atom. The van der Waals surface area contributed by atoms with Gasteiger partial charge in [0, 0.05) is 12.6 Å². The van der Waals surface area contributed by atoms with Gasteiger partial charge in [-0.15, -0.1) is 0 Å². The molecule has 0 fully saturated rings. The van der Waals surface area contributed by atoms with Crippen molar-refractivity contribution in [3.63, 3.8) is 0 Å². The molecule has 1 N–H and O–H groups in total. The molecule has 0 rings (SSSR count). The molecule has 5 heteroatoms. The average molecular weight is 264 g/mol. The van der Waals surface area contributed by atoms with E-state index >= 15 is 0 Å². The quantitative estimate of drug-likeness (QED) is 0.612. The molecule has 0 amide bonds. The van der Waals surface area contributed by atoms with Crippen LogP contribution in [0.15, 0.2) is 0 Å². The molecule has 0 aromatic carbocycles. The molecular weight excluding hydrogens is 236 g/mol. The van der Waals surface area contributed by atoms with Crippen LogP contribution in [-0.4, -0.2) is 44.7 Å². The van der Waals surface area contributed by atoms with Gasteiger partial charge in [0.2, 0.25) is 10.0 Å². The first-order chi connectivity index (χ1) is 7.95. The Morgan fingerprint density at radius 3 is 2.29 bits per heavy atom. The monoisotopic (exact) mass is 264 g/mol. The summed E-state index contributed by atoms with van der Waals surface area (Å²) in [4.78, 5) is 0. The van der Waals surface area contributed by atoms with Gasteiger partial charge in [-0.25, -0.2) is 8.42 Å². The third-order valence-electron chi connectivity index (χ3n) is 2.74. The van der Waals surface area contributed by atoms with Gasteiger partial charge in [-0.05, 0) is 40.3 Å². The molecule has 0 unspecified atom stereocenters. The predicted octanol–water partition coefficient (Wildman–Crippen LogP) is 1.83. The van der Waals surface area contributed by atoms with Crippen molar-refractivity contribution >= 4 is 10.0 Å². The summed E-state index contributed by atoms with van der Waals surface area (Å²) in [5.74, 6) is 0.248. The van der Waals surface area contributed by atoms with Crippen molar-refractivity contribution in [2.45, 2.75) is 52.5 Å². The molecule has 104 valence electrons.